The van der Waals surface area contributed by atoms with Crippen molar-refractivity contribution in [2.45, 2.75) is 20.4 Å². The molecule has 1 aromatic heterocycles. The molecule has 0 fully saturated rings. The van der Waals surface area contributed by atoms with Crippen LogP contribution in [-0.2, 0) is 6.54 Å². The maximum atomic E-state index is 10.6. The van der Waals surface area contributed by atoms with E-state index >= 15 is 0 Å². The monoisotopic (exact) mass is 180 g/mol. The maximum Gasteiger partial charge on any atom is 0.356 e. The third kappa shape index (κ3) is 2.18. The molecule has 0 aliphatic rings. The Morgan fingerprint density at radius 3 is 2.77 bits per heavy atom. The summed E-state index contributed by atoms with van der Waals surface area (Å²) in [7, 11) is 0. The molecule has 0 aliphatic carbocycles. The van der Waals surface area contributed by atoms with Gasteiger partial charge in [-0.2, -0.15) is 5.10 Å². The van der Waals surface area contributed by atoms with Crippen LogP contribution in [0, 0.1) is 6.92 Å². The highest BCUT2D eigenvalue weighted by atomic mass is 16.4. The molecule has 0 spiro atoms. The summed E-state index contributed by atoms with van der Waals surface area (Å²) >= 11 is 0. The second-order valence-corrected chi connectivity index (χ2v) is 3.09. The first-order chi connectivity index (χ1) is 6.00. The highest BCUT2D eigenvalue weighted by Gasteiger charge is 2.09. The summed E-state index contributed by atoms with van der Waals surface area (Å²) in [5.74, 6) is -0.997. The van der Waals surface area contributed by atoms with E-state index in [-0.39, 0.29) is 5.69 Å². The van der Waals surface area contributed by atoms with Crippen LogP contribution in [-0.4, -0.2) is 20.9 Å². The maximum absolute atomic E-state index is 10.6. The van der Waals surface area contributed by atoms with Crippen LogP contribution < -0.4 is 0 Å². The first-order valence-electron chi connectivity index (χ1n) is 3.93. The van der Waals surface area contributed by atoms with Crippen molar-refractivity contribution in [3.8, 4) is 0 Å². The number of carboxylic acid groups (broad SMARTS) is 1. The standard InChI is InChI=1S/C9H12N2O2/c1-6(2)5-11-7(3)4-8(10-11)9(12)13/h4H,1,5H2,2-3H3,(H,12,13). The largest absolute Gasteiger partial charge is 0.476 e. The van der Waals surface area contributed by atoms with E-state index in [1.165, 1.54) is 0 Å². The molecule has 0 aromatic carbocycles. The molecule has 0 aliphatic heterocycles. The van der Waals surface area contributed by atoms with Crippen molar-refractivity contribution in [2.24, 2.45) is 0 Å². The van der Waals surface area contributed by atoms with Crippen molar-refractivity contribution >= 4 is 5.97 Å². The molecular formula is C9H12N2O2. The van der Waals surface area contributed by atoms with Crippen LogP contribution in [0.5, 0.6) is 0 Å². The van der Waals surface area contributed by atoms with Crippen molar-refractivity contribution in [2.75, 3.05) is 0 Å². The topological polar surface area (TPSA) is 55.1 Å². The highest BCUT2D eigenvalue weighted by Crippen LogP contribution is 2.05. The predicted octanol–water partition coefficient (Wildman–Crippen LogP) is 1.47. The molecule has 0 unspecified atom stereocenters. The van der Waals surface area contributed by atoms with Gasteiger partial charge >= 0.3 is 5.97 Å². The summed E-state index contributed by atoms with van der Waals surface area (Å²) in [5.41, 5.74) is 1.86. The number of aryl methyl sites for hydroxylation is 1. The highest BCUT2D eigenvalue weighted by molar-refractivity contribution is 5.85. The first kappa shape index (κ1) is 9.51. The average molecular weight is 180 g/mol. The summed E-state index contributed by atoms with van der Waals surface area (Å²) in [5, 5.41) is 12.6. The Kier molecular flexibility index (Phi) is 2.51. The molecule has 0 bridgehead atoms. The lowest BCUT2D eigenvalue weighted by atomic mass is 10.3. The number of allylic oxidation sites excluding steroid dienone is 1. The number of aromatic carboxylic acids is 1. The van der Waals surface area contributed by atoms with Crippen molar-refractivity contribution in [1.29, 1.82) is 0 Å². The van der Waals surface area contributed by atoms with E-state index in [0.29, 0.717) is 6.54 Å². The minimum absolute atomic E-state index is 0.0822. The number of nitrogens with zero attached hydrogens (tertiary/aromatic N) is 2. The van der Waals surface area contributed by atoms with Crippen molar-refractivity contribution in [3.63, 3.8) is 0 Å². The molecular weight excluding hydrogens is 168 g/mol. The Balaban J connectivity index is 2.96. The summed E-state index contributed by atoms with van der Waals surface area (Å²) in [6.07, 6.45) is 0. The van der Waals surface area contributed by atoms with Crippen LogP contribution in [0.4, 0.5) is 0 Å². The van der Waals surface area contributed by atoms with Gasteiger partial charge in [0.05, 0.1) is 6.54 Å². The number of hydrogen-bond acceptors (Lipinski definition) is 2. The van der Waals surface area contributed by atoms with Crippen LogP contribution in [0.3, 0.4) is 0 Å². The number of hydrogen-bond donors (Lipinski definition) is 1. The molecule has 70 valence electrons. The van der Waals surface area contributed by atoms with E-state index in [9.17, 15) is 4.79 Å². The van der Waals surface area contributed by atoms with Crippen LogP contribution in [0.15, 0.2) is 18.2 Å². The van der Waals surface area contributed by atoms with E-state index < -0.39 is 5.97 Å². The molecule has 0 amide bonds. The smallest absolute Gasteiger partial charge is 0.356 e. The lowest BCUT2D eigenvalue weighted by Gasteiger charge is -2.01. The fraction of sp³-hybridized carbons (Fsp3) is 0.333. The number of carbonyl (C=O) groups is 1. The van der Waals surface area contributed by atoms with Crippen LogP contribution >= 0.6 is 0 Å². The van der Waals surface area contributed by atoms with E-state index in [1.54, 1.807) is 10.7 Å². The van der Waals surface area contributed by atoms with E-state index in [2.05, 4.69) is 11.7 Å². The van der Waals surface area contributed by atoms with Gasteiger partial charge < -0.3 is 5.11 Å². The van der Waals surface area contributed by atoms with Crippen molar-refractivity contribution in [1.82, 2.24) is 9.78 Å². The predicted molar refractivity (Wildman–Crippen MR) is 48.7 cm³/mol. The van der Waals surface area contributed by atoms with Crippen molar-refractivity contribution < 1.29 is 9.90 Å². The summed E-state index contributed by atoms with van der Waals surface area (Å²) in [4.78, 5) is 10.6. The normalized spacial score (nSPS) is 10.0. The molecule has 1 rings (SSSR count). The minimum Gasteiger partial charge on any atom is -0.476 e. The molecule has 0 saturated heterocycles. The zero-order valence-electron chi connectivity index (χ0n) is 7.74. The van der Waals surface area contributed by atoms with E-state index in [4.69, 9.17) is 5.11 Å². The number of aromatic nitrogens is 2. The second-order valence-electron chi connectivity index (χ2n) is 3.09. The Hall–Kier alpha value is -1.58. The lowest BCUT2D eigenvalue weighted by molar-refractivity contribution is 0.0689. The Bertz CT molecular complexity index is 352. The fourth-order valence-corrected chi connectivity index (χ4v) is 1.03. The molecule has 0 atom stereocenters. The fourth-order valence-electron chi connectivity index (χ4n) is 1.03. The number of carboxylic acids is 1. The van der Waals surface area contributed by atoms with Gasteiger partial charge in [-0.1, -0.05) is 12.2 Å². The van der Waals surface area contributed by atoms with Gasteiger partial charge in [-0.05, 0) is 19.9 Å². The summed E-state index contributed by atoms with van der Waals surface area (Å²) in [6.45, 7) is 8.00. The lowest BCUT2D eigenvalue weighted by Crippen LogP contribution is -2.05. The zero-order valence-corrected chi connectivity index (χ0v) is 7.74. The second kappa shape index (κ2) is 3.43. The van der Waals surface area contributed by atoms with Gasteiger partial charge in [0.2, 0.25) is 0 Å². The van der Waals surface area contributed by atoms with Gasteiger partial charge in [0.15, 0.2) is 5.69 Å². The third-order valence-electron chi connectivity index (χ3n) is 1.62. The number of rotatable bonds is 3. The quantitative estimate of drug-likeness (QED) is 0.716. The molecule has 0 radical (unpaired) electrons. The molecule has 1 aromatic rings. The van der Waals surface area contributed by atoms with Crippen molar-refractivity contribution in [3.05, 3.63) is 29.6 Å². The van der Waals surface area contributed by atoms with Gasteiger partial charge in [0, 0.05) is 5.69 Å². The summed E-state index contributed by atoms with van der Waals surface area (Å²) in [6, 6.07) is 1.55. The molecule has 13 heavy (non-hydrogen) atoms. The SMILES string of the molecule is C=C(C)Cn1nc(C(=O)O)cc1C. The first-order valence-corrected chi connectivity index (χ1v) is 3.93. The molecule has 1 N–H and O–H groups in total. The van der Waals surface area contributed by atoms with Gasteiger partial charge in [-0.3, -0.25) is 4.68 Å². The van der Waals surface area contributed by atoms with E-state index in [0.717, 1.165) is 11.3 Å². The molecule has 4 nitrogen and oxygen atoms in total. The Morgan fingerprint density at radius 2 is 2.38 bits per heavy atom. The van der Waals surface area contributed by atoms with Gasteiger partial charge in [0.1, 0.15) is 0 Å². The zero-order chi connectivity index (χ0) is 10.0. The van der Waals surface area contributed by atoms with Crippen LogP contribution in [0.2, 0.25) is 0 Å². The van der Waals surface area contributed by atoms with Gasteiger partial charge in [-0.25, -0.2) is 4.79 Å². The molecule has 4 heteroatoms. The van der Waals surface area contributed by atoms with E-state index in [1.807, 2.05) is 13.8 Å². The van der Waals surface area contributed by atoms with Crippen LogP contribution in [0.1, 0.15) is 23.1 Å². The summed E-state index contributed by atoms with van der Waals surface area (Å²) < 4.78 is 1.63. The molecule has 1 heterocycles. The minimum atomic E-state index is -0.997. The molecule has 0 saturated carbocycles. The van der Waals surface area contributed by atoms with Gasteiger partial charge in [0.25, 0.3) is 0 Å². The van der Waals surface area contributed by atoms with Gasteiger partial charge in [-0.15, -0.1) is 0 Å². The van der Waals surface area contributed by atoms with Crippen LogP contribution in [0.25, 0.3) is 0 Å². The third-order valence-corrected chi connectivity index (χ3v) is 1.62. The Labute approximate surface area is 76.5 Å². The average Bonchev–Trinajstić information content (AvgIpc) is 2.31. The Morgan fingerprint density at radius 1 is 1.77 bits per heavy atom.